The lowest BCUT2D eigenvalue weighted by Gasteiger charge is -1.99. The molecule has 0 bridgehead atoms. The van der Waals surface area contributed by atoms with Gasteiger partial charge in [0.2, 0.25) is 0 Å². The molecule has 0 heterocycles. The van der Waals surface area contributed by atoms with E-state index in [0.717, 1.165) is 37.4 Å². The summed E-state index contributed by atoms with van der Waals surface area (Å²) in [7, 11) is 3.58. The highest BCUT2D eigenvalue weighted by Gasteiger charge is 1.95. The van der Waals surface area contributed by atoms with Gasteiger partial charge in [-0.25, -0.2) is 0 Å². The zero-order valence-electron chi connectivity index (χ0n) is 18.2. The van der Waals surface area contributed by atoms with E-state index in [1.165, 1.54) is 70.6 Å². The fraction of sp³-hybridized carbons (Fsp3) is 0.864. The van der Waals surface area contributed by atoms with Crippen molar-refractivity contribution in [1.29, 1.82) is 0 Å². The Bertz CT molecular complexity index is 324. The van der Waals surface area contributed by atoms with Crippen LogP contribution in [0.2, 0.25) is 0 Å². The first kappa shape index (κ1) is 30.0. The van der Waals surface area contributed by atoms with Crippen LogP contribution < -0.4 is 11.5 Å². The van der Waals surface area contributed by atoms with E-state index in [4.69, 9.17) is 16.6 Å². The Labute approximate surface area is 182 Å². The Hall–Kier alpha value is -0.170. The second-order valence-electron chi connectivity index (χ2n) is 6.95. The number of carboxylic acid groups (broad SMARTS) is 1. The van der Waals surface area contributed by atoms with Crippen LogP contribution in [-0.4, -0.2) is 35.7 Å². The summed E-state index contributed by atoms with van der Waals surface area (Å²) in [5.74, 6) is 1.40. The Morgan fingerprint density at radius 2 is 1.18 bits per heavy atom. The maximum absolute atomic E-state index is 10.3. The molecule has 0 fully saturated rings. The standard InChI is InChI=1S/C18H34O2.C4H12N2S2/c1-2-3-4-5-6-7-8-9-10-11-12-13-14-15-16-17-18(19)20;5-1-3-7-8-4-2-6/h9-10H,2-8,11-17H2,1H3,(H,19,20);1-6H2/b10-9-;. The van der Waals surface area contributed by atoms with E-state index < -0.39 is 5.97 Å². The summed E-state index contributed by atoms with van der Waals surface area (Å²) in [6.07, 6.45) is 21.2. The molecule has 0 aliphatic heterocycles. The van der Waals surface area contributed by atoms with Crippen LogP contribution in [0.5, 0.6) is 0 Å². The van der Waals surface area contributed by atoms with Crippen LogP contribution >= 0.6 is 21.6 Å². The lowest BCUT2D eigenvalue weighted by atomic mass is 10.1. The third kappa shape index (κ3) is 33.4. The molecule has 6 heteroatoms. The van der Waals surface area contributed by atoms with Gasteiger partial charge in [0.25, 0.3) is 0 Å². The van der Waals surface area contributed by atoms with Crippen LogP contribution in [0.15, 0.2) is 12.2 Å². The lowest BCUT2D eigenvalue weighted by Crippen LogP contribution is -2.02. The summed E-state index contributed by atoms with van der Waals surface area (Å²) in [4.78, 5) is 10.3. The molecule has 5 N–H and O–H groups in total. The lowest BCUT2D eigenvalue weighted by molar-refractivity contribution is -0.137. The molecule has 0 aliphatic carbocycles. The predicted molar refractivity (Wildman–Crippen MR) is 130 cm³/mol. The van der Waals surface area contributed by atoms with Crippen LogP contribution in [0.3, 0.4) is 0 Å². The van der Waals surface area contributed by atoms with E-state index in [0.29, 0.717) is 6.42 Å². The molecule has 168 valence electrons. The Balaban J connectivity index is 0. The summed E-state index contributed by atoms with van der Waals surface area (Å²) in [5.41, 5.74) is 10.5. The minimum Gasteiger partial charge on any atom is -0.481 e. The Kier molecular flexibility index (Phi) is 31.1. The van der Waals surface area contributed by atoms with E-state index in [2.05, 4.69) is 19.1 Å². The van der Waals surface area contributed by atoms with Crippen LogP contribution in [0.4, 0.5) is 0 Å². The third-order valence-electron chi connectivity index (χ3n) is 4.14. The van der Waals surface area contributed by atoms with Gasteiger partial charge in [0, 0.05) is 31.0 Å². The van der Waals surface area contributed by atoms with E-state index in [1.54, 1.807) is 21.6 Å². The summed E-state index contributed by atoms with van der Waals surface area (Å²) in [5, 5.41) is 8.51. The van der Waals surface area contributed by atoms with Gasteiger partial charge in [-0.05, 0) is 32.1 Å². The maximum atomic E-state index is 10.3. The largest absolute Gasteiger partial charge is 0.481 e. The van der Waals surface area contributed by atoms with Crippen molar-refractivity contribution in [3.05, 3.63) is 12.2 Å². The number of unbranched alkanes of at least 4 members (excludes halogenated alkanes) is 11. The Morgan fingerprint density at radius 3 is 1.61 bits per heavy atom. The molecular formula is C22H46N2O2S2. The molecule has 0 amide bonds. The monoisotopic (exact) mass is 434 g/mol. The third-order valence-corrected chi connectivity index (χ3v) is 6.61. The van der Waals surface area contributed by atoms with Crippen molar-refractivity contribution in [2.24, 2.45) is 11.5 Å². The van der Waals surface area contributed by atoms with Crippen molar-refractivity contribution < 1.29 is 9.90 Å². The SMILES string of the molecule is CCCCCCCC/C=C\CCCCCCCC(=O)O.NCCSSCCN. The molecule has 0 rings (SSSR count). The number of aliphatic carboxylic acids is 1. The summed E-state index contributed by atoms with van der Waals surface area (Å²) < 4.78 is 0. The molecule has 0 spiro atoms. The molecule has 0 aromatic heterocycles. The molecule has 0 aliphatic rings. The number of nitrogens with two attached hydrogens (primary N) is 2. The summed E-state index contributed by atoms with van der Waals surface area (Å²) in [6, 6.07) is 0. The van der Waals surface area contributed by atoms with Crippen molar-refractivity contribution in [2.75, 3.05) is 24.6 Å². The zero-order chi connectivity index (χ0) is 21.1. The zero-order valence-corrected chi connectivity index (χ0v) is 19.8. The second kappa shape index (κ2) is 29.0. The van der Waals surface area contributed by atoms with Crippen molar-refractivity contribution >= 4 is 27.6 Å². The fourth-order valence-electron chi connectivity index (χ4n) is 2.56. The second-order valence-corrected chi connectivity index (χ2v) is 9.65. The van der Waals surface area contributed by atoms with E-state index >= 15 is 0 Å². The molecule has 4 nitrogen and oxygen atoms in total. The van der Waals surface area contributed by atoms with E-state index in [9.17, 15) is 4.79 Å². The maximum Gasteiger partial charge on any atom is 0.303 e. The van der Waals surface area contributed by atoms with E-state index in [-0.39, 0.29) is 0 Å². The van der Waals surface area contributed by atoms with Gasteiger partial charge in [0.05, 0.1) is 0 Å². The van der Waals surface area contributed by atoms with Gasteiger partial charge in [-0.2, -0.15) is 0 Å². The number of hydrogen-bond acceptors (Lipinski definition) is 5. The number of carboxylic acids is 1. The number of carbonyl (C=O) groups is 1. The van der Waals surface area contributed by atoms with Gasteiger partial charge in [-0.15, -0.1) is 0 Å². The molecular weight excluding hydrogens is 388 g/mol. The van der Waals surface area contributed by atoms with Gasteiger partial charge in [0.1, 0.15) is 0 Å². The molecule has 0 radical (unpaired) electrons. The molecule has 28 heavy (non-hydrogen) atoms. The first-order valence-electron chi connectivity index (χ1n) is 11.2. The average Bonchev–Trinajstić information content (AvgIpc) is 2.68. The molecule has 0 aromatic carbocycles. The van der Waals surface area contributed by atoms with Crippen molar-refractivity contribution in [2.45, 2.75) is 96.8 Å². The molecule has 0 aromatic rings. The minimum atomic E-state index is -0.664. The van der Waals surface area contributed by atoms with Crippen LogP contribution in [0.1, 0.15) is 96.8 Å². The molecule has 0 unspecified atom stereocenters. The van der Waals surface area contributed by atoms with Crippen molar-refractivity contribution in [3.63, 3.8) is 0 Å². The highest BCUT2D eigenvalue weighted by Crippen LogP contribution is 2.18. The van der Waals surface area contributed by atoms with Gasteiger partial charge in [0.15, 0.2) is 0 Å². The predicted octanol–water partition coefficient (Wildman–Crippen LogP) is 6.39. The molecule has 0 atom stereocenters. The van der Waals surface area contributed by atoms with Crippen molar-refractivity contribution in [3.8, 4) is 0 Å². The highest BCUT2D eigenvalue weighted by atomic mass is 33.1. The first-order valence-corrected chi connectivity index (χ1v) is 13.7. The first-order chi connectivity index (χ1) is 13.7. The minimum absolute atomic E-state index is 0.332. The fourth-order valence-corrected chi connectivity index (χ4v) is 4.27. The van der Waals surface area contributed by atoms with Crippen molar-refractivity contribution in [1.82, 2.24) is 0 Å². The van der Waals surface area contributed by atoms with Gasteiger partial charge < -0.3 is 16.6 Å². The summed E-state index contributed by atoms with van der Waals surface area (Å²) in [6.45, 7) is 3.79. The van der Waals surface area contributed by atoms with Gasteiger partial charge in [-0.1, -0.05) is 92.0 Å². The quantitative estimate of drug-likeness (QED) is 0.117. The van der Waals surface area contributed by atoms with Gasteiger partial charge >= 0.3 is 5.97 Å². The van der Waals surface area contributed by atoms with Crippen LogP contribution in [0.25, 0.3) is 0 Å². The molecule has 0 saturated heterocycles. The Morgan fingerprint density at radius 1 is 0.750 bits per heavy atom. The number of rotatable bonds is 20. The topological polar surface area (TPSA) is 89.3 Å². The summed E-state index contributed by atoms with van der Waals surface area (Å²) >= 11 is 0. The number of allylic oxidation sites excluding steroid dienone is 2. The van der Waals surface area contributed by atoms with Crippen LogP contribution in [-0.2, 0) is 4.79 Å². The van der Waals surface area contributed by atoms with Crippen LogP contribution in [0, 0.1) is 0 Å². The normalized spacial score (nSPS) is 10.8. The smallest absolute Gasteiger partial charge is 0.303 e. The highest BCUT2D eigenvalue weighted by molar-refractivity contribution is 8.76. The average molecular weight is 435 g/mol. The molecule has 0 saturated carbocycles. The van der Waals surface area contributed by atoms with Gasteiger partial charge in [-0.3, -0.25) is 4.79 Å². The van der Waals surface area contributed by atoms with E-state index in [1.807, 2.05) is 0 Å². The number of hydrogen-bond donors (Lipinski definition) is 3.